The molecule has 2 aromatic rings. The smallest absolute Gasteiger partial charge is 0.253 e. The molecule has 1 N–H and O–H groups in total. The van der Waals surface area contributed by atoms with E-state index in [1.807, 2.05) is 35.2 Å². The van der Waals surface area contributed by atoms with Gasteiger partial charge in [-0.3, -0.25) is 9.59 Å². The van der Waals surface area contributed by atoms with Crippen LogP contribution in [0.2, 0.25) is 0 Å². The molecule has 1 aliphatic rings. The van der Waals surface area contributed by atoms with Gasteiger partial charge < -0.3 is 15.0 Å². The molecule has 0 aliphatic carbocycles. The Kier molecular flexibility index (Phi) is 7.23. The minimum absolute atomic E-state index is 0.00668. The Morgan fingerprint density at radius 1 is 1.10 bits per heavy atom. The second kappa shape index (κ2) is 10.3. The number of ether oxygens (including phenoxy) is 1. The van der Waals surface area contributed by atoms with Gasteiger partial charge in [0, 0.05) is 25.1 Å². The lowest BCUT2D eigenvalue weighted by molar-refractivity contribution is -0.122. The van der Waals surface area contributed by atoms with Crippen LogP contribution in [0.4, 0.5) is 0 Å². The third-order valence-electron chi connectivity index (χ3n) is 5.05. The molecule has 0 radical (unpaired) electrons. The van der Waals surface area contributed by atoms with Crippen molar-refractivity contribution in [2.24, 2.45) is 5.92 Å². The second-order valence-corrected chi connectivity index (χ2v) is 7.14. The fraction of sp³-hybridized carbons (Fsp3) is 0.348. The first-order chi connectivity index (χ1) is 14.2. The van der Waals surface area contributed by atoms with E-state index in [0.717, 1.165) is 12.8 Å². The Morgan fingerprint density at radius 3 is 2.59 bits per heavy atom. The number of nitrogens with one attached hydrogen (secondary N) is 1. The average Bonchev–Trinajstić information content (AvgIpc) is 2.77. The highest BCUT2D eigenvalue weighted by molar-refractivity contribution is 5.94. The zero-order valence-corrected chi connectivity index (χ0v) is 16.3. The van der Waals surface area contributed by atoms with Crippen molar-refractivity contribution in [2.75, 3.05) is 26.2 Å². The topological polar surface area (TPSA) is 82.4 Å². The Bertz CT molecular complexity index is 868. The predicted octanol–water partition coefficient (Wildman–Crippen LogP) is 3.00. The number of piperidine rings is 1. The van der Waals surface area contributed by atoms with Gasteiger partial charge in [0.05, 0.1) is 18.2 Å². The lowest BCUT2D eigenvalue weighted by atomic mass is 9.93. The van der Waals surface area contributed by atoms with E-state index in [1.54, 1.807) is 24.3 Å². The zero-order valence-electron chi connectivity index (χ0n) is 16.3. The first-order valence-corrected chi connectivity index (χ1v) is 9.89. The van der Waals surface area contributed by atoms with Crippen molar-refractivity contribution in [1.82, 2.24) is 10.2 Å². The van der Waals surface area contributed by atoms with Crippen LogP contribution in [-0.2, 0) is 4.79 Å². The molecule has 6 heteroatoms. The largest absolute Gasteiger partial charge is 0.492 e. The summed E-state index contributed by atoms with van der Waals surface area (Å²) < 4.78 is 5.56. The fourth-order valence-electron chi connectivity index (χ4n) is 3.45. The quantitative estimate of drug-likeness (QED) is 0.736. The van der Waals surface area contributed by atoms with Gasteiger partial charge in [0.25, 0.3) is 5.91 Å². The van der Waals surface area contributed by atoms with Crippen LogP contribution < -0.4 is 10.1 Å². The SMILES string of the molecule is N#Cc1cccc(OCCNC(=O)CC2CCN(C(=O)c3ccccc3)CC2)c1. The monoisotopic (exact) mass is 391 g/mol. The molecule has 1 heterocycles. The first-order valence-electron chi connectivity index (χ1n) is 9.89. The van der Waals surface area contributed by atoms with E-state index in [1.165, 1.54) is 0 Å². The number of nitriles is 1. The Labute approximate surface area is 171 Å². The summed E-state index contributed by atoms with van der Waals surface area (Å²) in [6.45, 7) is 2.14. The summed E-state index contributed by atoms with van der Waals surface area (Å²) >= 11 is 0. The number of hydrogen-bond donors (Lipinski definition) is 1. The number of benzene rings is 2. The molecule has 0 saturated carbocycles. The number of rotatable bonds is 7. The standard InChI is InChI=1S/C23H25N3O3/c24-17-19-5-4-8-21(15-19)29-14-11-25-22(27)16-18-9-12-26(13-10-18)23(28)20-6-2-1-3-7-20/h1-8,15,18H,9-14,16H2,(H,25,27). The lowest BCUT2D eigenvalue weighted by Gasteiger charge is -2.31. The van der Waals surface area contributed by atoms with Crippen LogP contribution in [0.1, 0.15) is 35.2 Å². The molecule has 0 spiro atoms. The van der Waals surface area contributed by atoms with E-state index in [4.69, 9.17) is 10.00 Å². The number of hydrogen-bond acceptors (Lipinski definition) is 4. The molecule has 2 aromatic carbocycles. The van der Waals surface area contributed by atoms with Crippen molar-refractivity contribution < 1.29 is 14.3 Å². The number of carbonyl (C=O) groups is 2. The minimum atomic E-state index is 0.00668. The van der Waals surface area contributed by atoms with E-state index in [-0.39, 0.29) is 11.8 Å². The molecule has 1 saturated heterocycles. The molecular weight excluding hydrogens is 366 g/mol. The number of carbonyl (C=O) groups excluding carboxylic acids is 2. The summed E-state index contributed by atoms with van der Waals surface area (Å²) in [6.07, 6.45) is 2.14. The molecule has 2 amide bonds. The Balaban J connectivity index is 1.33. The van der Waals surface area contributed by atoms with Gasteiger partial charge in [-0.2, -0.15) is 5.26 Å². The maximum absolute atomic E-state index is 12.5. The van der Waals surface area contributed by atoms with Gasteiger partial charge in [-0.1, -0.05) is 24.3 Å². The molecule has 3 rings (SSSR count). The van der Waals surface area contributed by atoms with E-state index < -0.39 is 0 Å². The van der Waals surface area contributed by atoms with Gasteiger partial charge >= 0.3 is 0 Å². The summed E-state index contributed by atoms with van der Waals surface area (Å²) in [4.78, 5) is 26.5. The normalized spacial score (nSPS) is 14.1. The van der Waals surface area contributed by atoms with Crippen LogP contribution in [0.15, 0.2) is 54.6 Å². The second-order valence-electron chi connectivity index (χ2n) is 7.14. The molecular formula is C23H25N3O3. The van der Waals surface area contributed by atoms with Crippen molar-refractivity contribution >= 4 is 11.8 Å². The summed E-state index contributed by atoms with van der Waals surface area (Å²) in [5.41, 5.74) is 1.26. The average molecular weight is 391 g/mol. The Hall–Kier alpha value is -3.33. The maximum Gasteiger partial charge on any atom is 0.253 e. The van der Waals surface area contributed by atoms with Crippen molar-refractivity contribution in [1.29, 1.82) is 5.26 Å². The van der Waals surface area contributed by atoms with E-state index in [9.17, 15) is 9.59 Å². The molecule has 1 aliphatic heterocycles. The summed E-state index contributed by atoms with van der Waals surface area (Å²) in [5.74, 6) is 0.982. The van der Waals surface area contributed by atoms with Crippen molar-refractivity contribution in [3.05, 3.63) is 65.7 Å². The maximum atomic E-state index is 12.5. The molecule has 0 atom stereocenters. The fourth-order valence-corrected chi connectivity index (χ4v) is 3.45. The first kappa shape index (κ1) is 20.4. The summed E-state index contributed by atoms with van der Waals surface area (Å²) in [6, 6.07) is 18.3. The predicted molar refractivity (Wildman–Crippen MR) is 109 cm³/mol. The van der Waals surface area contributed by atoms with E-state index in [0.29, 0.717) is 55.5 Å². The van der Waals surface area contributed by atoms with Gasteiger partial charge in [-0.15, -0.1) is 0 Å². The van der Waals surface area contributed by atoms with Crippen molar-refractivity contribution in [2.45, 2.75) is 19.3 Å². The summed E-state index contributed by atoms with van der Waals surface area (Å²) in [7, 11) is 0. The van der Waals surface area contributed by atoms with Gasteiger partial charge in [-0.25, -0.2) is 0 Å². The van der Waals surface area contributed by atoms with E-state index in [2.05, 4.69) is 11.4 Å². The highest BCUT2D eigenvalue weighted by Gasteiger charge is 2.24. The lowest BCUT2D eigenvalue weighted by Crippen LogP contribution is -2.40. The molecule has 0 aromatic heterocycles. The van der Waals surface area contributed by atoms with Crippen LogP contribution in [0.3, 0.4) is 0 Å². The molecule has 0 unspecified atom stereocenters. The highest BCUT2D eigenvalue weighted by atomic mass is 16.5. The molecule has 6 nitrogen and oxygen atoms in total. The molecule has 1 fully saturated rings. The summed E-state index contributed by atoms with van der Waals surface area (Å²) in [5, 5.41) is 11.8. The Morgan fingerprint density at radius 2 is 1.86 bits per heavy atom. The van der Waals surface area contributed by atoms with Crippen molar-refractivity contribution in [3.63, 3.8) is 0 Å². The highest BCUT2D eigenvalue weighted by Crippen LogP contribution is 2.22. The van der Waals surface area contributed by atoms with Crippen LogP contribution in [0, 0.1) is 17.2 Å². The third kappa shape index (κ3) is 6.08. The number of nitrogens with zero attached hydrogens (tertiary/aromatic N) is 2. The van der Waals surface area contributed by atoms with Crippen LogP contribution in [-0.4, -0.2) is 43.0 Å². The van der Waals surface area contributed by atoms with E-state index >= 15 is 0 Å². The molecule has 150 valence electrons. The van der Waals surface area contributed by atoms with Crippen LogP contribution >= 0.6 is 0 Å². The number of likely N-dealkylation sites (tertiary alicyclic amines) is 1. The minimum Gasteiger partial charge on any atom is -0.492 e. The zero-order chi connectivity index (χ0) is 20.5. The van der Waals surface area contributed by atoms with Gasteiger partial charge in [-0.05, 0) is 49.1 Å². The molecule has 29 heavy (non-hydrogen) atoms. The van der Waals surface area contributed by atoms with Crippen molar-refractivity contribution in [3.8, 4) is 11.8 Å². The number of amides is 2. The van der Waals surface area contributed by atoms with Gasteiger partial charge in [0.2, 0.25) is 5.91 Å². The third-order valence-corrected chi connectivity index (χ3v) is 5.05. The van der Waals surface area contributed by atoms with Crippen LogP contribution in [0.25, 0.3) is 0 Å². The van der Waals surface area contributed by atoms with Gasteiger partial charge in [0.1, 0.15) is 12.4 Å². The molecule has 0 bridgehead atoms. The van der Waals surface area contributed by atoms with Crippen LogP contribution in [0.5, 0.6) is 5.75 Å². The van der Waals surface area contributed by atoms with Gasteiger partial charge in [0.15, 0.2) is 0 Å².